The van der Waals surface area contributed by atoms with E-state index >= 15 is 0 Å². The van der Waals surface area contributed by atoms with E-state index < -0.39 is 0 Å². The molecule has 4 N–H and O–H groups in total. The number of hydrogen-bond acceptors (Lipinski definition) is 4. The Morgan fingerprint density at radius 3 is 2.94 bits per heavy atom. The summed E-state index contributed by atoms with van der Waals surface area (Å²) in [6.45, 7) is 0.584. The van der Waals surface area contributed by atoms with Gasteiger partial charge in [-0.2, -0.15) is 10.4 Å². The zero-order valence-electron chi connectivity index (χ0n) is 8.87. The van der Waals surface area contributed by atoms with Crippen molar-refractivity contribution in [1.29, 1.82) is 5.26 Å². The number of halogens is 1. The molecule has 1 heterocycles. The minimum absolute atomic E-state index is 0.560. The number of nitrogens with one attached hydrogen (secondary N) is 2. The maximum Gasteiger partial charge on any atom is 0.123 e. The highest BCUT2D eigenvalue weighted by Crippen LogP contribution is 2.21. The summed E-state index contributed by atoms with van der Waals surface area (Å²) in [4.78, 5) is 0. The predicted molar refractivity (Wildman–Crippen MR) is 69.2 cm³/mol. The Balaban J connectivity index is 2.08. The highest BCUT2D eigenvalue weighted by atomic mass is 79.9. The van der Waals surface area contributed by atoms with E-state index in [-0.39, 0.29) is 0 Å². The zero-order valence-corrected chi connectivity index (χ0v) is 10.5. The van der Waals surface area contributed by atoms with Gasteiger partial charge in [0.15, 0.2) is 0 Å². The standard InChI is InChI=1S/C11H10BrN5/c12-10-3-9(2-1-7(10)4-13)15-5-8-6-16-17-11(8)14/h1-3,6,15H,5H2,(H3,14,16,17). The lowest BCUT2D eigenvalue weighted by Gasteiger charge is -2.06. The van der Waals surface area contributed by atoms with Crippen LogP contribution >= 0.6 is 15.9 Å². The molecule has 0 aliphatic heterocycles. The lowest BCUT2D eigenvalue weighted by atomic mass is 10.2. The quantitative estimate of drug-likeness (QED) is 0.809. The van der Waals surface area contributed by atoms with E-state index in [4.69, 9.17) is 11.0 Å². The van der Waals surface area contributed by atoms with Gasteiger partial charge in [0.1, 0.15) is 11.9 Å². The Morgan fingerprint density at radius 2 is 2.35 bits per heavy atom. The average molecular weight is 292 g/mol. The molecule has 0 amide bonds. The first-order valence-electron chi connectivity index (χ1n) is 4.92. The highest BCUT2D eigenvalue weighted by Gasteiger charge is 2.03. The van der Waals surface area contributed by atoms with Crippen LogP contribution in [0.1, 0.15) is 11.1 Å². The van der Waals surface area contributed by atoms with Crippen LogP contribution in [-0.4, -0.2) is 10.2 Å². The largest absolute Gasteiger partial charge is 0.384 e. The molecule has 0 radical (unpaired) electrons. The Labute approximate surface area is 107 Å². The van der Waals surface area contributed by atoms with Gasteiger partial charge in [-0.1, -0.05) is 0 Å². The van der Waals surface area contributed by atoms with Crippen molar-refractivity contribution in [3.63, 3.8) is 0 Å². The molecular weight excluding hydrogens is 282 g/mol. The van der Waals surface area contributed by atoms with E-state index in [9.17, 15) is 0 Å². The summed E-state index contributed by atoms with van der Waals surface area (Å²) in [5.74, 6) is 0.560. The van der Waals surface area contributed by atoms with Crippen LogP contribution in [0.4, 0.5) is 11.5 Å². The van der Waals surface area contributed by atoms with Crippen molar-refractivity contribution in [1.82, 2.24) is 10.2 Å². The van der Waals surface area contributed by atoms with E-state index in [1.807, 2.05) is 12.1 Å². The third-order valence-corrected chi connectivity index (χ3v) is 2.98. The van der Waals surface area contributed by atoms with E-state index in [1.165, 1.54) is 0 Å². The Bertz CT molecular complexity index is 569. The molecule has 0 bridgehead atoms. The molecule has 0 saturated heterocycles. The molecule has 86 valence electrons. The Kier molecular flexibility index (Phi) is 3.30. The molecule has 0 saturated carbocycles. The minimum Gasteiger partial charge on any atom is -0.384 e. The van der Waals surface area contributed by atoms with Gasteiger partial charge in [-0.05, 0) is 34.1 Å². The van der Waals surface area contributed by atoms with Crippen LogP contribution in [0, 0.1) is 11.3 Å². The summed E-state index contributed by atoms with van der Waals surface area (Å²) < 4.78 is 0.769. The van der Waals surface area contributed by atoms with Crippen LogP contribution in [0.25, 0.3) is 0 Å². The van der Waals surface area contributed by atoms with Crippen LogP contribution in [0.2, 0.25) is 0 Å². The topological polar surface area (TPSA) is 90.5 Å². The van der Waals surface area contributed by atoms with Gasteiger partial charge >= 0.3 is 0 Å². The van der Waals surface area contributed by atoms with Crippen molar-refractivity contribution >= 4 is 27.4 Å². The molecule has 1 aromatic heterocycles. The number of aromatic amines is 1. The molecular formula is C11H10BrN5. The zero-order chi connectivity index (χ0) is 12.3. The van der Waals surface area contributed by atoms with E-state index in [1.54, 1.807) is 12.3 Å². The minimum atomic E-state index is 0.560. The van der Waals surface area contributed by atoms with Gasteiger partial charge in [-0.25, -0.2) is 0 Å². The van der Waals surface area contributed by atoms with E-state index in [0.717, 1.165) is 15.7 Å². The smallest absolute Gasteiger partial charge is 0.123 e. The normalized spacial score (nSPS) is 9.88. The van der Waals surface area contributed by atoms with Gasteiger partial charge in [0.05, 0.1) is 11.8 Å². The first-order chi connectivity index (χ1) is 8.20. The Hall–Kier alpha value is -2.00. The molecule has 0 spiro atoms. The SMILES string of the molecule is N#Cc1ccc(NCc2cn[nH]c2N)cc1Br. The van der Waals surface area contributed by atoms with Crippen molar-refractivity contribution in [2.24, 2.45) is 0 Å². The first-order valence-corrected chi connectivity index (χ1v) is 5.71. The number of benzene rings is 1. The first kappa shape index (κ1) is 11.5. The number of aromatic nitrogens is 2. The maximum atomic E-state index is 8.80. The molecule has 5 nitrogen and oxygen atoms in total. The number of nitrogens with two attached hydrogens (primary N) is 1. The van der Waals surface area contributed by atoms with E-state index in [0.29, 0.717) is 17.9 Å². The molecule has 17 heavy (non-hydrogen) atoms. The summed E-state index contributed by atoms with van der Waals surface area (Å²) in [6.07, 6.45) is 1.68. The third kappa shape index (κ3) is 2.57. The summed E-state index contributed by atoms with van der Waals surface area (Å²) in [7, 11) is 0. The van der Waals surface area contributed by atoms with Crippen LogP contribution in [0.5, 0.6) is 0 Å². The van der Waals surface area contributed by atoms with Crippen LogP contribution < -0.4 is 11.1 Å². The molecule has 2 aromatic rings. The van der Waals surface area contributed by atoms with Gasteiger partial charge in [0.25, 0.3) is 0 Å². The fraction of sp³-hybridized carbons (Fsp3) is 0.0909. The molecule has 0 aliphatic rings. The number of nitrogen functional groups attached to an aromatic ring is 1. The lowest BCUT2D eigenvalue weighted by Crippen LogP contribution is -2.01. The fourth-order valence-corrected chi connectivity index (χ4v) is 1.84. The van der Waals surface area contributed by atoms with Crippen molar-refractivity contribution in [3.8, 4) is 6.07 Å². The van der Waals surface area contributed by atoms with Gasteiger partial charge < -0.3 is 11.1 Å². The molecule has 0 fully saturated rings. The fourth-order valence-electron chi connectivity index (χ4n) is 1.37. The summed E-state index contributed by atoms with van der Waals surface area (Å²) in [6, 6.07) is 7.55. The number of H-pyrrole nitrogens is 1. The third-order valence-electron chi connectivity index (χ3n) is 2.32. The van der Waals surface area contributed by atoms with Crippen LogP contribution in [-0.2, 0) is 6.54 Å². The maximum absolute atomic E-state index is 8.80. The number of anilines is 2. The van der Waals surface area contributed by atoms with Gasteiger partial charge in [-0.3, -0.25) is 5.10 Å². The van der Waals surface area contributed by atoms with E-state index in [2.05, 4.69) is 37.5 Å². The summed E-state index contributed by atoms with van der Waals surface area (Å²) >= 11 is 3.33. The highest BCUT2D eigenvalue weighted by molar-refractivity contribution is 9.10. The molecule has 0 aliphatic carbocycles. The van der Waals surface area contributed by atoms with Crippen LogP contribution in [0.3, 0.4) is 0 Å². The second-order valence-electron chi connectivity index (χ2n) is 3.47. The number of nitrogens with zero attached hydrogens (tertiary/aromatic N) is 2. The predicted octanol–water partition coefficient (Wildman–Crippen LogP) is 2.24. The lowest BCUT2D eigenvalue weighted by molar-refractivity contribution is 1.10. The second-order valence-corrected chi connectivity index (χ2v) is 4.32. The number of rotatable bonds is 3. The second kappa shape index (κ2) is 4.89. The van der Waals surface area contributed by atoms with Gasteiger partial charge in [0.2, 0.25) is 0 Å². The molecule has 0 atom stereocenters. The number of nitriles is 1. The van der Waals surface area contributed by atoms with Crippen molar-refractivity contribution < 1.29 is 0 Å². The molecule has 1 aromatic carbocycles. The van der Waals surface area contributed by atoms with Crippen LogP contribution in [0.15, 0.2) is 28.9 Å². The van der Waals surface area contributed by atoms with Crippen molar-refractivity contribution in [3.05, 3.63) is 40.0 Å². The van der Waals surface area contributed by atoms with Crippen molar-refractivity contribution in [2.75, 3.05) is 11.1 Å². The number of hydrogen-bond donors (Lipinski definition) is 3. The molecule has 0 unspecified atom stereocenters. The monoisotopic (exact) mass is 291 g/mol. The summed E-state index contributed by atoms with van der Waals surface area (Å²) in [5, 5.41) is 18.5. The molecule has 2 rings (SSSR count). The average Bonchev–Trinajstić information content (AvgIpc) is 2.72. The van der Waals surface area contributed by atoms with Gasteiger partial charge in [-0.15, -0.1) is 0 Å². The Morgan fingerprint density at radius 1 is 1.53 bits per heavy atom. The molecule has 6 heteroatoms. The summed E-state index contributed by atoms with van der Waals surface area (Å²) in [5.41, 5.74) is 8.10. The van der Waals surface area contributed by atoms with Gasteiger partial charge in [0, 0.05) is 22.3 Å². The van der Waals surface area contributed by atoms with Crippen molar-refractivity contribution in [2.45, 2.75) is 6.54 Å².